The van der Waals surface area contributed by atoms with E-state index >= 15 is 0 Å². The van der Waals surface area contributed by atoms with Gasteiger partial charge in [-0.2, -0.15) is 0 Å². The van der Waals surface area contributed by atoms with E-state index in [1.54, 1.807) is 16.7 Å². The van der Waals surface area contributed by atoms with Crippen molar-refractivity contribution in [2.24, 2.45) is 0 Å². The van der Waals surface area contributed by atoms with E-state index in [4.69, 9.17) is 0 Å². The highest BCUT2D eigenvalue weighted by molar-refractivity contribution is 7.99. The van der Waals surface area contributed by atoms with Crippen LogP contribution in [-0.2, 0) is 10.2 Å². The normalized spacial score (nSPS) is 22.4. The van der Waals surface area contributed by atoms with Crippen LogP contribution >= 0.6 is 24.2 Å². The number of hydrogen-bond donors (Lipinski definition) is 2. The lowest BCUT2D eigenvalue weighted by Crippen LogP contribution is -2.49. The van der Waals surface area contributed by atoms with E-state index < -0.39 is 0 Å². The van der Waals surface area contributed by atoms with Crippen LogP contribution in [0, 0.1) is 0 Å². The van der Waals surface area contributed by atoms with Gasteiger partial charge in [0, 0.05) is 23.9 Å². The quantitative estimate of drug-likeness (QED) is 0.799. The first-order valence-corrected chi connectivity index (χ1v) is 10.5. The predicted octanol–water partition coefficient (Wildman–Crippen LogP) is 2.79. The van der Waals surface area contributed by atoms with E-state index in [1.165, 1.54) is 5.56 Å². The maximum Gasteiger partial charge on any atom is 0.255 e. The highest BCUT2D eigenvalue weighted by Crippen LogP contribution is 2.26. The molecule has 0 bridgehead atoms. The maximum atomic E-state index is 12.9. The molecule has 3 rings (SSSR count). The van der Waals surface area contributed by atoms with Crippen LogP contribution in [0.5, 0.6) is 0 Å². The Kier molecular flexibility index (Phi) is 7.60. The number of nitrogens with zero attached hydrogens (tertiary/aromatic N) is 1. The lowest BCUT2D eigenvalue weighted by Gasteiger charge is -2.24. The molecule has 2 aliphatic heterocycles. The summed E-state index contributed by atoms with van der Waals surface area (Å²) in [6.07, 6.45) is 2.26. The third-order valence-electron chi connectivity index (χ3n) is 5.13. The second-order valence-corrected chi connectivity index (χ2v) is 9.16. The minimum atomic E-state index is -0.379. The number of rotatable bonds is 4. The summed E-state index contributed by atoms with van der Waals surface area (Å²) in [4.78, 5) is 27.2. The lowest BCUT2D eigenvalue weighted by molar-refractivity contribution is -0.124. The molecule has 0 saturated carbocycles. The van der Waals surface area contributed by atoms with Crippen molar-refractivity contribution in [2.45, 2.75) is 51.1 Å². The van der Waals surface area contributed by atoms with Gasteiger partial charge in [0.1, 0.15) is 6.04 Å². The second-order valence-electron chi connectivity index (χ2n) is 8.16. The molecule has 2 atom stereocenters. The van der Waals surface area contributed by atoms with Crippen LogP contribution in [0.3, 0.4) is 0 Å². The average molecular weight is 412 g/mol. The van der Waals surface area contributed by atoms with Crippen molar-refractivity contribution in [1.82, 2.24) is 15.5 Å². The highest BCUT2D eigenvalue weighted by Gasteiger charge is 2.35. The number of benzene rings is 1. The molecule has 27 heavy (non-hydrogen) atoms. The van der Waals surface area contributed by atoms with Crippen LogP contribution in [0.1, 0.15) is 49.5 Å². The van der Waals surface area contributed by atoms with Crippen LogP contribution in [0.2, 0.25) is 0 Å². The standard InChI is InChI=1S/C20H29N3O2S.ClH/c1-20(2,3)15-8-6-14(7-9-15)19(25)23-13-26-12-17(23)18(24)22-11-16-5-4-10-21-16;/h6-9,16-17,21H,4-5,10-13H2,1-3H3,(H,22,24);1H. The largest absolute Gasteiger partial charge is 0.353 e. The third kappa shape index (κ3) is 5.39. The Balaban J connectivity index is 0.00000261. The molecule has 1 aromatic carbocycles. The maximum absolute atomic E-state index is 12.9. The summed E-state index contributed by atoms with van der Waals surface area (Å²) in [6.45, 7) is 8.12. The van der Waals surface area contributed by atoms with Crippen LogP contribution in [-0.4, -0.2) is 53.5 Å². The van der Waals surface area contributed by atoms with Gasteiger partial charge in [0.15, 0.2) is 0 Å². The SMILES string of the molecule is CC(C)(C)c1ccc(C(=O)N2CSCC2C(=O)NCC2CCCN2)cc1.Cl. The Labute approximate surface area is 172 Å². The number of thioether (sulfide) groups is 1. The molecule has 2 amide bonds. The third-order valence-corrected chi connectivity index (χ3v) is 6.14. The summed E-state index contributed by atoms with van der Waals surface area (Å²) in [5, 5.41) is 6.40. The molecule has 2 N–H and O–H groups in total. The molecule has 2 fully saturated rings. The van der Waals surface area contributed by atoms with Gasteiger partial charge in [-0.1, -0.05) is 32.9 Å². The molecule has 2 heterocycles. The van der Waals surface area contributed by atoms with E-state index in [9.17, 15) is 9.59 Å². The Morgan fingerprint density at radius 1 is 1.26 bits per heavy atom. The number of halogens is 1. The number of nitrogens with one attached hydrogen (secondary N) is 2. The zero-order valence-corrected chi connectivity index (χ0v) is 17.9. The molecular formula is C20H30ClN3O2S. The predicted molar refractivity (Wildman–Crippen MR) is 114 cm³/mol. The summed E-state index contributed by atoms with van der Waals surface area (Å²) in [5.41, 5.74) is 1.90. The Bertz CT molecular complexity index is 654. The van der Waals surface area contributed by atoms with Crippen molar-refractivity contribution in [1.29, 1.82) is 0 Å². The molecule has 0 radical (unpaired) electrons. The molecule has 0 spiro atoms. The molecule has 150 valence electrons. The van der Waals surface area contributed by atoms with Crippen LogP contribution in [0.25, 0.3) is 0 Å². The zero-order valence-electron chi connectivity index (χ0n) is 16.3. The van der Waals surface area contributed by atoms with Gasteiger partial charge in [0.2, 0.25) is 5.91 Å². The van der Waals surface area contributed by atoms with Crippen molar-refractivity contribution >= 4 is 36.0 Å². The van der Waals surface area contributed by atoms with Crippen LogP contribution in [0.15, 0.2) is 24.3 Å². The van der Waals surface area contributed by atoms with Crippen LogP contribution < -0.4 is 10.6 Å². The van der Waals surface area contributed by atoms with Gasteiger partial charge in [-0.15, -0.1) is 24.2 Å². The summed E-state index contributed by atoms with van der Waals surface area (Å²) in [7, 11) is 0. The number of amides is 2. The minimum absolute atomic E-state index is 0. The smallest absolute Gasteiger partial charge is 0.255 e. The first kappa shape index (κ1) is 22.1. The van der Waals surface area contributed by atoms with Crippen molar-refractivity contribution in [2.75, 3.05) is 24.7 Å². The van der Waals surface area contributed by atoms with Gasteiger partial charge in [-0.05, 0) is 42.5 Å². The molecule has 0 aliphatic carbocycles. The molecule has 7 heteroatoms. The second kappa shape index (κ2) is 9.30. The summed E-state index contributed by atoms with van der Waals surface area (Å²) >= 11 is 1.64. The molecule has 5 nitrogen and oxygen atoms in total. The van der Waals surface area contributed by atoms with Gasteiger partial charge >= 0.3 is 0 Å². The van der Waals surface area contributed by atoms with E-state index in [2.05, 4.69) is 31.4 Å². The van der Waals surface area contributed by atoms with Crippen molar-refractivity contribution in [3.8, 4) is 0 Å². The van der Waals surface area contributed by atoms with E-state index in [1.807, 2.05) is 24.3 Å². The molecule has 0 aromatic heterocycles. The number of hydrogen-bond acceptors (Lipinski definition) is 4. The van der Waals surface area contributed by atoms with Gasteiger partial charge in [0.25, 0.3) is 5.91 Å². The minimum Gasteiger partial charge on any atom is -0.353 e. The van der Waals surface area contributed by atoms with Gasteiger partial charge < -0.3 is 15.5 Å². The molecular weight excluding hydrogens is 382 g/mol. The van der Waals surface area contributed by atoms with Crippen molar-refractivity contribution in [3.63, 3.8) is 0 Å². The molecule has 2 unspecified atom stereocenters. The Morgan fingerprint density at radius 2 is 1.96 bits per heavy atom. The fraction of sp³-hybridized carbons (Fsp3) is 0.600. The average Bonchev–Trinajstić information content (AvgIpc) is 3.30. The number of carbonyl (C=O) groups is 2. The van der Waals surface area contributed by atoms with Crippen LogP contribution in [0.4, 0.5) is 0 Å². The monoisotopic (exact) mass is 411 g/mol. The molecule has 2 saturated heterocycles. The van der Waals surface area contributed by atoms with Gasteiger partial charge in [0.05, 0.1) is 5.88 Å². The highest BCUT2D eigenvalue weighted by atomic mass is 35.5. The topological polar surface area (TPSA) is 61.4 Å². The van der Waals surface area contributed by atoms with E-state index in [-0.39, 0.29) is 35.7 Å². The zero-order chi connectivity index (χ0) is 18.7. The lowest BCUT2D eigenvalue weighted by atomic mass is 9.86. The van der Waals surface area contributed by atoms with Crippen molar-refractivity contribution < 1.29 is 9.59 Å². The fourth-order valence-electron chi connectivity index (χ4n) is 3.41. The summed E-state index contributed by atoms with van der Waals surface area (Å²) < 4.78 is 0. The fourth-order valence-corrected chi connectivity index (χ4v) is 4.57. The summed E-state index contributed by atoms with van der Waals surface area (Å²) in [5.74, 6) is 1.13. The van der Waals surface area contributed by atoms with Gasteiger partial charge in [-0.25, -0.2) is 0 Å². The number of carbonyl (C=O) groups excluding carboxylic acids is 2. The summed E-state index contributed by atoms with van der Waals surface area (Å²) in [6, 6.07) is 7.76. The molecule has 2 aliphatic rings. The first-order valence-electron chi connectivity index (χ1n) is 9.36. The van der Waals surface area contributed by atoms with E-state index in [0.717, 1.165) is 19.4 Å². The first-order chi connectivity index (χ1) is 12.4. The van der Waals surface area contributed by atoms with Gasteiger partial charge in [-0.3, -0.25) is 9.59 Å². The molecule has 1 aromatic rings. The van der Waals surface area contributed by atoms with E-state index in [0.29, 0.717) is 29.8 Å². The Morgan fingerprint density at radius 3 is 2.56 bits per heavy atom. The van der Waals surface area contributed by atoms with Crippen molar-refractivity contribution in [3.05, 3.63) is 35.4 Å². The Hall–Kier alpha value is -1.24.